The molecule has 1 aliphatic rings. The van der Waals surface area contributed by atoms with Crippen LogP contribution in [-0.2, 0) is 9.59 Å². The standard InChI is InChI=1S/C7H11BN2O2/c8-6-1-2-10(4-6)7(12)3-9-5-11/h5-6H,1-4H2,(H,9,11). The highest BCUT2D eigenvalue weighted by Gasteiger charge is 2.21. The average molecular weight is 166 g/mol. The van der Waals surface area contributed by atoms with Gasteiger partial charge in [-0.15, -0.1) is 0 Å². The maximum Gasteiger partial charge on any atom is 0.241 e. The first-order valence-corrected chi connectivity index (χ1v) is 3.94. The predicted octanol–water partition coefficient (Wildman–Crippen LogP) is -1.08. The van der Waals surface area contributed by atoms with Crippen molar-refractivity contribution >= 4 is 20.2 Å². The second kappa shape index (κ2) is 4.14. The van der Waals surface area contributed by atoms with Gasteiger partial charge >= 0.3 is 0 Å². The highest BCUT2D eigenvalue weighted by molar-refractivity contribution is 6.12. The van der Waals surface area contributed by atoms with Crippen LogP contribution in [-0.4, -0.2) is 44.7 Å². The molecule has 1 unspecified atom stereocenters. The summed E-state index contributed by atoms with van der Waals surface area (Å²) in [5.41, 5.74) is 0. The third-order valence-electron chi connectivity index (χ3n) is 1.91. The summed E-state index contributed by atoms with van der Waals surface area (Å²) in [4.78, 5) is 22.7. The van der Waals surface area contributed by atoms with E-state index in [-0.39, 0.29) is 18.3 Å². The molecule has 0 spiro atoms. The minimum Gasteiger partial charge on any atom is -0.350 e. The fraction of sp³-hybridized carbons (Fsp3) is 0.714. The molecule has 1 atom stereocenters. The Bertz CT molecular complexity index is 186. The number of nitrogens with one attached hydrogen (secondary N) is 1. The van der Waals surface area contributed by atoms with E-state index in [1.165, 1.54) is 0 Å². The largest absolute Gasteiger partial charge is 0.350 e. The monoisotopic (exact) mass is 166 g/mol. The van der Waals surface area contributed by atoms with E-state index in [1.807, 2.05) is 0 Å². The Balaban J connectivity index is 2.28. The molecule has 0 aliphatic carbocycles. The minimum absolute atomic E-state index is 0.0601. The molecule has 1 saturated heterocycles. The zero-order valence-corrected chi connectivity index (χ0v) is 6.82. The summed E-state index contributed by atoms with van der Waals surface area (Å²) in [6, 6.07) is 0. The van der Waals surface area contributed by atoms with Crippen LogP contribution >= 0.6 is 0 Å². The second-order valence-corrected chi connectivity index (χ2v) is 2.89. The molecule has 1 fully saturated rings. The second-order valence-electron chi connectivity index (χ2n) is 2.89. The van der Waals surface area contributed by atoms with Crippen LogP contribution in [0.15, 0.2) is 0 Å². The van der Waals surface area contributed by atoms with Crippen molar-refractivity contribution in [2.24, 2.45) is 0 Å². The van der Waals surface area contributed by atoms with Crippen LogP contribution in [0.3, 0.4) is 0 Å². The van der Waals surface area contributed by atoms with Crippen molar-refractivity contribution in [3.63, 3.8) is 0 Å². The predicted molar refractivity (Wildman–Crippen MR) is 44.8 cm³/mol. The van der Waals surface area contributed by atoms with Gasteiger partial charge in [-0.05, 0) is 6.42 Å². The van der Waals surface area contributed by atoms with Gasteiger partial charge in [0, 0.05) is 13.1 Å². The zero-order chi connectivity index (χ0) is 8.97. The number of likely N-dealkylation sites (tertiary alicyclic amines) is 1. The molecule has 5 heteroatoms. The van der Waals surface area contributed by atoms with Crippen LogP contribution in [0, 0.1) is 0 Å². The molecular weight excluding hydrogens is 155 g/mol. The molecule has 64 valence electrons. The van der Waals surface area contributed by atoms with E-state index >= 15 is 0 Å². The van der Waals surface area contributed by atoms with Crippen LogP contribution in [0.5, 0.6) is 0 Å². The van der Waals surface area contributed by atoms with Crippen LogP contribution in [0.2, 0.25) is 5.82 Å². The van der Waals surface area contributed by atoms with Gasteiger partial charge in [0.25, 0.3) is 0 Å². The Morgan fingerprint density at radius 2 is 2.50 bits per heavy atom. The maximum absolute atomic E-state index is 11.2. The number of rotatable bonds is 3. The number of nitrogens with zero attached hydrogens (tertiary/aromatic N) is 1. The van der Waals surface area contributed by atoms with E-state index < -0.39 is 0 Å². The number of hydrogen-bond donors (Lipinski definition) is 1. The van der Waals surface area contributed by atoms with E-state index in [4.69, 9.17) is 7.85 Å². The van der Waals surface area contributed by atoms with Gasteiger partial charge in [-0.1, -0.05) is 5.82 Å². The topological polar surface area (TPSA) is 49.4 Å². The molecule has 2 radical (unpaired) electrons. The van der Waals surface area contributed by atoms with Crippen LogP contribution < -0.4 is 5.32 Å². The molecule has 0 saturated carbocycles. The van der Waals surface area contributed by atoms with E-state index in [0.29, 0.717) is 19.5 Å². The van der Waals surface area contributed by atoms with Crippen molar-refractivity contribution in [3.05, 3.63) is 0 Å². The fourth-order valence-electron chi connectivity index (χ4n) is 1.25. The van der Waals surface area contributed by atoms with Crippen LogP contribution in [0.4, 0.5) is 0 Å². The summed E-state index contributed by atoms with van der Waals surface area (Å²) in [6.45, 7) is 1.40. The van der Waals surface area contributed by atoms with Crippen molar-refractivity contribution in [3.8, 4) is 0 Å². The van der Waals surface area contributed by atoms with E-state index in [0.717, 1.165) is 6.42 Å². The fourth-order valence-corrected chi connectivity index (χ4v) is 1.25. The van der Waals surface area contributed by atoms with Gasteiger partial charge in [0.2, 0.25) is 12.3 Å². The number of carbonyl (C=O) groups excluding carboxylic acids is 2. The summed E-state index contributed by atoms with van der Waals surface area (Å²) in [5, 5.41) is 2.33. The Morgan fingerprint density at radius 3 is 3.00 bits per heavy atom. The molecule has 0 aromatic rings. The summed E-state index contributed by atoms with van der Waals surface area (Å²) >= 11 is 0. The first kappa shape index (κ1) is 9.10. The van der Waals surface area contributed by atoms with Crippen molar-refractivity contribution in [2.75, 3.05) is 19.6 Å². The van der Waals surface area contributed by atoms with E-state index in [1.54, 1.807) is 4.90 Å². The SMILES string of the molecule is [B]C1CCN(C(=O)CNC=O)C1. The number of carbonyl (C=O) groups is 2. The molecule has 4 nitrogen and oxygen atoms in total. The van der Waals surface area contributed by atoms with Crippen molar-refractivity contribution < 1.29 is 9.59 Å². The molecule has 0 aromatic heterocycles. The van der Waals surface area contributed by atoms with Gasteiger partial charge in [-0.2, -0.15) is 0 Å². The van der Waals surface area contributed by atoms with Crippen molar-refractivity contribution in [1.29, 1.82) is 0 Å². The smallest absolute Gasteiger partial charge is 0.241 e. The molecule has 12 heavy (non-hydrogen) atoms. The van der Waals surface area contributed by atoms with Gasteiger partial charge in [-0.3, -0.25) is 9.59 Å². The Kier molecular flexibility index (Phi) is 3.14. The molecule has 0 bridgehead atoms. The zero-order valence-electron chi connectivity index (χ0n) is 6.82. The average Bonchev–Trinajstić information content (AvgIpc) is 2.47. The summed E-state index contributed by atoms with van der Waals surface area (Å²) in [6.07, 6.45) is 1.38. The molecule has 0 aromatic carbocycles. The molecule has 2 amide bonds. The first-order chi connectivity index (χ1) is 5.74. The quantitative estimate of drug-likeness (QED) is 0.428. The van der Waals surface area contributed by atoms with Gasteiger partial charge < -0.3 is 10.2 Å². The van der Waals surface area contributed by atoms with Crippen molar-refractivity contribution in [1.82, 2.24) is 10.2 Å². The highest BCUT2D eigenvalue weighted by atomic mass is 16.2. The molecule has 1 heterocycles. The van der Waals surface area contributed by atoms with Gasteiger partial charge in [-0.25, -0.2) is 0 Å². The first-order valence-electron chi connectivity index (χ1n) is 3.94. The lowest BCUT2D eigenvalue weighted by atomic mass is 9.87. The molecular formula is C7H11BN2O2. The normalized spacial score (nSPS) is 22.3. The van der Waals surface area contributed by atoms with Crippen LogP contribution in [0.1, 0.15) is 6.42 Å². The van der Waals surface area contributed by atoms with Gasteiger partial charge in [0.1, 0.15) is 0 Å². The lowest BCUT2D eigenvalue weighted by Gasteiger charge is -2.14. The van der Waals surface area contributed by atoms with Gasteiger partial charge in [0.05, 0.1) is 14.4 Å². The van der Waals surface area contributed by atoms with E-state index in [2.05, 4.69) is 5.32 Å². The van der Waals surface area contributed by atoms with E-state index in [9.17, 15) is 9.59 Å². The Labute approximate surface area is 72.7 Å². The summed E-state index contributed by atoms with van der Waals surface area (Å²) in [7, 11) is 5.61. The molecule has 1 aliphatic heterocycles. The summed E-state index contributed by atoms with van der Waals surface area (Å²) in [5.74, 6) is 0.0419. The van der Waals surface area contributed by atoms with Gasteiger partial charge in [0.15, 0.2) is 0 Å². The molecule has 1 N–H and O–H groups in total. The minimum atomic E-state index is -0.0601. The van der Waals surface area contributed by atoms with Crippen molar-refractivity contribution in [2.45, 2.75) is 12.2 Å². The third kappa shape index (κ3) is 2.25. The third-order valence-corrected chi connectivity index (χ3v) is 1.91. The lowest BCUT2D eigenvalue weighted by molar-refractivity contribution is -0.130. The summed E-state index contributed by atoms with van der Waals surface area (Å²) < 4.78 is 0. The maximum atomic E-state index is 11.2. The lowest BCUT2D eigenvalue weighted by Crippen LogP contribution is -2.36. The number of hydrogen-bond acceptors (Lipinski definition) is 2. The van der Waals surface area contributed by atoms with Crippen LogP contribution in [0.25, 0.3) is 0 Å². The Hall–Kier alpha value is -0.995. The Morgan fingerprint density at radius 1 is 1.75 bits per heavy atom. The number of amides is 2. The molecule has 1 rings (SSSR count). The highest BCUT2D eigenvalue weighted by Crippen LogP contribution is 2.17.